The van der Waals surface area contributed by atoms with Crippen LogP contribution in [0.5, 0.6) is 0 Å². The molecule has 0 saturated carbocycles. The lowest BCUT2D eigenvalue weighted by Gasteiger charge is -2.29. The zero-order chi connectivity index (χ0) is 16.9. The predicted octanol–water partition coefficient (Wildman–Crippen LogP) is 2.96. The SMILES string of the molecule is CC.NCC(N)(c1ccc(F)cc1)c1cnc2cccnc2c1. The van der Waals surface area contributed by atoms with Crippen molar-refractivity contribution >= 4 is 11.0 Å². The number of rotatable bonds is 3. The monoisotopic (exact) mass is 312 g/mol. The molecular weight excluding hydrogens is 291 g/mol. The molecule has 1 aromatic carbocycles. The van der Waals surface area contributed by atoms with Gasteiger partial charge in [-0.25, -0.2) is 4.39 Å². The summed E-state index contributed by atoms with van der Waals surface area (Å²) in [6.07, 6.45) is 3.40. The average Bonchev–Trinajstić information content (AvgIpc) is 2.63. The van der Waals surface area contributed by atoms with Crippen LogP contribution in [0.1, 0.15) is 25.0 Å². The quantitative estimate of drug-likeness (QED) is 0.779. The highest BCUT2D eigenvalue weighted by molar-refractivity contribution is 5.74. The molecule has 0 bridgehead atoms. The Balaban J connectivity index is 0.000000924. The molecule has 3 aromatic rings. The first-order chi connectivity index (χ1) is 11.1. The molecular formula is C18H21FN4. The average molecular weight is 312 g/mol. The van der Waals surface area contributed by atoms with Crippen molar-refractivity contribution in [2.24, 2.45) is 11.5 Å². The van der Waals surface area contributed by atoms with Crippen molar-refractivity contribution < 1.29 is 4.39 Å². The second-order valence-electron chi connectivity index (χ2n) is 4.95. The molecule has 0 amide bonds. The van der Waals surface area contributed by atoms with Gasteiger partial charge in [0.05, 0.1) is 16.6 Å². The molecule has 0 spiro atoms. The van der Waals surface area contributed by atoms with Gasteiger partial charge in [-0.05, 0) is 41.5 Å². The highest BCUT2D eigenvalue weighted by Gasteiger charge is 2.29. The molecule has 4 N–H and O–H groups in total. The van der Waals surface area contributed by atoms with E-state index in [1.165, 1.54) is 12.1 Å². The van der Waals surface area contributed by atoms with Crippen LogP contribution in [0.4, 0.5) is 4.39 Å². The Morgan fingerprint density at radius 3 is 2.35 bits per heavy atom. The van der Waals surface area contributed by atoms with Gasteiger partial charge in [-0.1, -0.05) is 26.0 Å². The summed E-state index contributed by atoms with van der Waals surface area (Å²) in [5, 5.41) is 0. The largest absolute Gasteiger partial charge is 0.328 e. The van der Waals surface area contributed by atoms with Crippen LogP contribution >= 0.6 is 0 Å². The van der Waals surface area contributed by atoms with Crippen LogP contribution in [-0.4, -0.2) is 16.5 Å². The third-order valence-electron chi connectivity index (χ3n) is 3.65. The molecule has 0 fully saturated rings. The third-order valence-corrected chi connectivity index (χ3v) is 3.65. The van der Waals surface area contributed by atoms with Gasteiger partial charge in [-0.15, -0.1) is 0 Å². The number of pyridine rings is 2. The first-order valence-electron chi connectivity index (χ1n) is 7.60. The zero-order valence-corrected chi connectivity index (χ0v) is 13.3. The second kappa shape index (κ2) is 7.26. The summed E-state index contributed by atoms with van der Waals surface area (Å²) in [7, 11) is 0. The summed E-state index contributed by atoms with van der Waals surface area (Å²) in [5.41, 5.74) is 14.5. The van der Waals surface area contributed by atoms with Crippen LogP contribution in [-0.2, 0) is 5.54 Å². The number of nitrogens with two attached hydrogens (primary N) is 2. The number of halogens is 1. The number of fused-ring (bicyclic) bond motifs is 1. The molecule has 1 unspecified atom stereocenters. The summed E-state index contributed by atoms with van der Waals surface area (Å²) in [6.45, 7) is 4.18. The van der Waals surface area contributed by atoms with Crippen molar-refractivity contribution in [1.29, 1.82) is 0 Å². The normalized spacial score (nSPS) is 13.1. The summed E-state index contributed by atoms with van der Waals surface area (Å²) < 4.78 is 13.1. The van der Waals surface area contributed by atoms with Crippen LogP contribution in [0.25, 0.3) is 11.0 Å². The Hall–Kier alpha value is -2.37. The van der Waals surface area contributed by atoms with E-state index in [4.69, 9.17) is 11.5 Å². The molecule has 3 rings (SSSR count). The predicted molar refractivity (Wildman–Crippen MR) is 91.3 cm³/mol. The third kappa shape index (κ3) is 3.36. The fourth-order valence-electron chi connectivity index (χ4n) is 2.35. The maximum atomic E-state index is 13.1. The van der Waals surface area contributed by atoms with E-state index in [0.29, 0.717) is 0 Å². The van der Waals surface area contributed by atoms with Crippen molar-refractivity contribution in [1.82, 2.24) is 9.97 Å². The van der Waals surface area contributed by atoms with E-state index in [1.807, 2.05) is 32.0 Å². The van der Waals surface area contributed by atoms with Gasteiger partial charge in [0, 0.05) is 18.9 Å². The van der Waals surface area contributed by atoms with Gasteiger partial charge in [0.15, 0.2) is 0 Å². The maximum Gasteiger partial charge on any atom is 0.123 e. The fourth-order valence-corrected chi connectivity index (χ4v) is 2.35. The highest BCUT2D eigenvalue weighted by Crippen LogP contribution is 2.27. The number of hydrogen-bond acceptors (Lipinski definition) is 4. The van der Waals surface area contributed by atoms with E-state index >= 15 is 0 Å². The first-order valence-corrected chi connectivity index (χ1v) is 7.60. The first kappa shape index (κ1) is 17.0. The number of benzene rings is 1. The topological polar surface area (TPSA) is 77.8 Å². The Kier molecular flexibility index (Phi) is 5.36. The molecule has 0 saturated heterocycles. The second-order valence-corrected chi connectivity index (χ2v) is 4.95. The number of nitrogens with zero attached hydrogens (tertiary/aromatic N) is 2. The molecule has 5 heteroatoms. The minimum absolute atomic E-state index is 0.179. The van der Waals surface area contributed by atoms with Gasteiger partial charge in [0.2, 0.25) is 0 Å². The van der Waals surface area contributed by atoms with E-state index < -0.39 is 5.54 Å². The van der Waals surface area contributed by atoms with Crippen molar-refractivity contribution in [3.63, 3.8) is 0 Å². The van der Waals surface area contributed by atoms with Gasteiger partial charge in [0.25, 0.3) is 0 Å². The minimum atomic E-state index is -0.924. The molecule has 2 heterocycles. The van der Waals surface area contributed by atoms with Crippen LogP contribution in [0.2, 0.25) is 0 Å². The Labute approximate surface area is 135 Å². The number of aromatic nitrogens is 2. The Bertz CT molecular complexity index is 773. The van der Waals surface area contributed by atoms with Gasteiger partial charge in [-0.2, -0.15) is 0 Å². The molecule has 23 heavy (non-hydrogen) atoms. The van der Waals surface area contributed by atoms with E-state index in [2.05, 4.69) is 9.97 Å². The number of hydrogen-bond donors (Lipinski definition) is 2. The van der Waals surface area contributed by atoms with E-state index in [9.17, 15) is 4.39 Å². The van der Waals surface area contributed by atoms with Gasteiger partial charge in [-0.3, -0.25) is 9.97 Å². The standard InChI is InChI=1S/C16H15FN4.C2H6/c17-13-5-3-11(4-6-13)16(19,10-18)12-8-15-14(21-9-12)2-1-7-20-15;1-2/h1-9H,10,18-19H2;1-2H3. The minimum Gasteiger partial charge on any atom is -0.328 e. The lowest BCUT2D eigenvalue weighted by molar-refractivity contribution is 0.547. The van der Waals surface area contributed by atoms with Gasteiger partial charge < -0.3 is 11.5 Å². The van der Waals surface area contributed by atoms with E-state index in [-0.39, 0.29) is 12.4 Å². The molecule has 0 aliphatic rings. The van der Waals surface area contributed by atoms with Crippen LogP contribution in [0, 0.1) is 5.82 Å². The molecule has 2 aromatic heterocycles. The van der Waals surface area contributed by atoms with Crippen LogP contribution in [0.3, 0.4) is 0 Å². The van der Waals surface area contributed by atoms with Gasteiger partial charge >= 0.3 is 0 Å². The molecule has 0 aliphatic heterocycles. The lowest BCUT2D eigenvalue weighted by atomic mass is 9.84. The van der Waals surface area contributed by atoms with E-state index in [0.717, 1.165) is 22.2 Å². The van der Waals surface area contributed by atoms with Crippen molar-refractivity contribution in [3.8, 4) is 0 Å². The summed E-state index contributed by atoms with van der Waals surface area (Å²) >= 11 is 0. The smallest absolute Gasteiger partial charge is 0.123 e. The van der Waals surface area contributed by atoms with Crippen molar-refractivity contribution in [3.05, 3.63) is 71.8 Å². The van der Waals surface area contributed by atoms with Crippen molar-refractivity contribution in [2.75, 3.05) is 6.54 Å². The molecule has 120 valence electrons. The maximum absolute atomic E-state index is 13.1. The molecule has 1 atom stereocenters. The summed E-state index contributed by atoms with van der Waals surface area (Å²) in [4.78, 5) is 8.64. The Morgan fingerprint density at radius 2 is 1.70 bits per heavy atom. The van der Waals surface area contributed by atoms with Crippen LogP contribution in [0.15, 0.2) is 54.9 Å². The molecule has 0 aliphatic carbocycles. The Morgan fingerprint density at radius 1 is 1.00 bits per heavy atom. The van der Waals surface area contributed by atoms with Crippen molar-refractivity contribution in [2.45, 2.75) is 19.4 Å². The summed E-state index contributed by atoms with van der Waals surface area (Å²) in [5.74, 6) is -0.309. The fraction of sp³-hybridized carbons (Fsp3) is 0.222. The van der Waals surface area contributed by atoms with Crippen LogP contribution < -0.4 is 11.5 Å². The summed E-state index contributed by atoms with van der Waals surface area (Å²) in [6, 6.07) is 11.6. The molecule has 4 nitrogen and oxygen atoms in total. The zero-order valence-electron chi connectivity index (χ0n) is 13.3. The van der Waals surface area contributed by atoms with E-state index in [1.54, 1.807) is 24.5 Å². The highest BCUT2D eigenvalue weighted by atomic mass is 19.1. The van der Waals surface area contributed by atoms with Gasteiger partial charge in [0.1, 0.15) is 5.82 Å². The molecule has 0 radical (unpaired) electrons. The lowest BCUT2D eigenvalue weighted by Crippen LogP contribution is -2.45.